The van der Waals surface area contributed by atoms with Gasteiger partial charge in [-0.2, -0.15) is 0 Å². The van der Waals surface area contributed by atoms with E-state index in [1.165, 1.54) is 12.1 Å². The maximum Gasteiger partial charge on any atom is 0.264 e. The van der Waals surface area contributed by atoms with E-state index in [-0.39, 0.29) is 4.90 Å². The number of carbonyl (C=O) groups is 1. The molecule has 1 fully saturated rings. The quantitative estimate of drug-likeness (QED) is 0.926. The van der Waals surface area contributed by atoms with Gasteiger partial charge in [0.05, 0.1) is 10.3 Å². The van der Waals surface area contributed by atoms with Crippen molar-refractivity contribution in [3.05, 3.63) is 65.7 Å². The van der Waals surface area contributed by atoms with Crippen molar-refractivity contribution in [1.29, 1.82) is 0 Å². The molecule has 0 unspecified atom stereocenters. The van der Waals surface area contributed by atoms with Gasteiger partial charge in [0.25, 0.3) is 10.0 Å². The van der Waals surface area contributed by atoms with Gasteiger partial charge in [-0.25, -0.2) is 13.1 Å². The summed E-state index contributed by atoms with van der Waals surface area (Å²) < 4.78 is 27.4. The van der Waals surface area contributed by atoms with Gasteiger partial charge in [-0.15, -0.1) is 0 Å². The summed E-state index contributed by atoms with van der Waals surface area (Å²) in [4.78, 5) is 13.0. The molecule has 0 atom stereocenters. The van der Waals surface area contributed by atoms with E-state index in [0.29, 0.717) is 12.8 Å². The Hall–Kier alpha value is -2.14. The van der Waals surface area contributed by atoms with Gasteiger partial charge in [0.1, 0.15) is 0 Å². The minimum atomic E-state index is -3.86. The van der Waals surface area contributed by atoms with Crippen molar-refractivity contribution in [2.45, 2.75) is 42.9 Å². The second-order valence-electron chi connectivity index (χ2n) is 6.40. The van der Waals surface area contributed by atoms with Gasteiger partial charge in [-0.1, -0.05) is 60.9 Å². The van der Waals surface area contributed by atoms with E-state index in [1.54, 1.807) is 12.1 Å². The molecule has 1 amide bonds. The average molecular weight is 343 g/mol. The van der Waals surface area contributed by atoms with Gasteiger partial charge in [-0.05, 0) is 37.5 Å². The van der Waals surface area contributed by atoms with Crippen LogP contribution in [0.25, 0.3) is 0 Å². The average Bonchev–Trinajstić information content (AvgIpc) is 3.07. The zero-order valence-corrected chi connectivity index (χ0v) is 14.5. The molecule has 0 radical (unpaired) electrons. The van der Waals surface area contributed by atoms with E-state index in [0.717, 1.165) is 24.0 Å². The largest absolute Gasteiger partial charge is 0.273 e. The van der Waals surface area contributed by atoms with E-state index in [9.17, 15) is 13.2 Å². The van der Waals surface area contributed by atoms with E-state index >= 15 is 0 Å². The third-order valence-corrected chi connectivity index (χ3v) is 6.12. The van der Waals surface area contributed by atoms with Crippen molar-refractivity contribution in [3.8, 4) is 0 Å². The van der Waals surface area contributed by atoms with Crippen molar-refractivity contribution in [2.24, 2.45) is 0 Å². The first-order chi connectivity index (χ1) is 11.4. The summed E-state index contributed by atoms with van der Waals surface area (Å²) in [7, 11) is -3.86. The summed E-state index contributed by atoms with van der Waals surface area (Å²) in [6.07, 6.45) is 3.19. The molecule has 2 aromatic carbocycles. The second-order valence-corrected chi connectivity index (χ2v) is 8.09. The van der Waals surface area contributed by atoms with E-state index in [1.807, 2.05) is 37.3 Å². The lowest BCUT2D eigenvalue weighted by atomic mass is 9.78. The van der Waals surface area contributed by atoms with Crippen molar-refractivity contribution in [2.75, 3.05) is 0 Å². The number of nitrogens with one attached hydrogen (secondary N) is 1. The molecule has 0 spiro atoms. The van der Waals surface area contributed by atoms with E-state index in [2.05, 4.69) is 4.72 Å². The van der Waals surface area contributed by atoms with E-state index < -0.39 is 21.3 Å². The van der Waals surface area contributed by atoms with Crippen LogP contribution in [0.5, 0.6) is 0 Å². The third-order valence-electron chi connectivity index (χ3n) is 4.78. The van der Waals surface area contributed by atoms with Gasteiger partial charge in [0, 0.05) is 0 Å². The summed E-state index contributed by atoms with van der Waals surface area (Å²) in [5.74, 6) is -0.424. The number of amides is 1. The van der Waals surface area contributed by atoms with E-state index in [4.69, 9.17) is 0 Å². The van der Waals surface area contributed by atoms with Crippen LogP contribution >= 0.6 is 0 Å². The zero-order chi connectivity index (χ0) is 17.2. The molecule has 1 aliphatic rings. The van der Waals surface area contributed by atoms with Crippen molar-refractivity contribution in [1.82, 2.24) is 4.72 Å². The molecule has 0 aromatic heterocycles. The fourth-order valence-corrected chi connectivity index (χ4v) is 4.43. The van der Waals surface area contributed by atoms with Crippen LogP contribution in [-0.2, 0) is 20.2 Å². The minimum absolute atomic E-state index is 0.114. The van der Waals surface area contributed by atoms with Crippen LogP contribution in [0, 0.1) is 6.92 Å². The molecule has 2 aromatic rings. The summed E-state index contributed by atoms with van der Waals surface area (Å²) in [5.41, 5.74) is 1.11. The summed E-state index contributed by atoms with van der Waals surface area (Å²) in [5, 5.41) is 0. The standard InChI is InChI=1S/C19H21NO3S/c1-15-9-11-17(12-10-15)24(22,23)20-18(21)19(13-5-6-14-19)16-7-3-2-4-8-16/h2-4,7-12H,5-6,13-14H2,1H3,(H,20,21). The lowest BCUT2D eigenvalue weighted by Gasteiger charge is -2.28. The Bertz CT molecular complexity index is 821. The first-order valence-electron chi connectivity index (χ1n) is 8.13. The summed E-state index contributed by atoms with van der Waals surface area (Å²) in [6, 6.07) is 16.0. The van der Waals surface area contributed by atoms with Gasteiger partial charge < -0.3 is 0 Å². The molecule has 1 saturated carbocycles. The normalized spacial score (nSPS) is 16.7. The van der Waals surface area contributed by atoms with Gasteiger partial charge in [0.15, 0.2) is 0 Å². The van der Waals surface area contributed by atoms with Crippen LogP contribution in [0.4, 0.5) is 0 Å². The van der Waals surface area contributed by atoms with Crippen molar-refractivity contribution in [3.63, 3.8) is 0 Å². The highest BCUT2D eigenvalue weighted by Crippen LogP contribution is 2.41. The molecular formula is C19H21NO3S. The topological polar surface area (TPSA) is 63.2 Å². The number of hydrogen-bond donors (Lipinski definition) is 1. The molecule has 0 bridgehead atoms. The fourth-order valence-electron chi connectivity index (χ4n) is 3.38. The first-order valence-corrected chi connectivity index (χ1v) is 9.62. The molecule has 126 valence electrons. The molecule has 1 aliphatic carbocycles. The molecule has 0 aliphatic heterocycles. The monoisotopic (exact) mass is 343 g/mol. The second kappa shape index (κ2) is 6.40. The number of sulfonamides is 1. The number of rotatable bonds is 4. The molecule has 0 saturated heterocycles. The predicted molar refractivity (Wildman–Crippen MR) is 93.1 cm³/mol. The van der Waals surface area contributed by atoms with Crippen LogP contribution in [-0.4, -0.2) is 14.3 Å². The van der Waals surface area contributed by atoms with Crippen LogP contribution in [0.2, 0.25) is 0 Å². The molecule has 5 heteroatoms. The SMILES string of the molecule is Cc1ccc(S(=O)(=O)NC(=O)C2(c3ccccc3)CCCC2)cc1. The van der Waals surface area contributed by atoms with Crippen molar-refractivity contribution >= 4 is 15.9 Å². The maximum atomic E-state index is 12.9. The van der Waals surface area contributed by atoms with Gasteiger partial charge in [0.2, 0.25) is 5.91 Å². The van der Waals surface area contributed by atoms with Crippen LogP contribution in [0.3, 0.4) is 0 Å². The molecule has 24 heavy (non-hydrogen) atoms. The highest BCUT2D eigenvalue weighted by atomic mass is 32.2. The number of carbonyl (C=O) groups excluding carboxylic acids is 1. The molecule has 3 rings (SSSR count). The zero-order valence-electron chi connectivity index (χ0n) is 13.7. The van der Waals surface area contributed by atoms with Crippen LogP contribution < -0.4 is 4.72 Å². The lowest BCUT2D eigenvalue weighted by molar-refractivity contribution is -0.124. The Morgan fingerprint density at radius 1 is 0.958 bits per heavy atom. The molecule has 0 heterocycles. The summed E-state index contributed by atoms with van der Waals surface area (Å²) >= 11 is 0. The van der Waals surface area contributed by atoms with Gasteiger partial charge >= 0.3 is 0 Å². The van der Waals surface area contributed by atoms with Crippen molar-refractivity contribution < 1.29 is 13.2 Å². The predicted octanol–water partition coefficient (Wildman–Crippen LogP) is 3.31. The molecular weight excluding hydrogens is 322 g/mol. The van der Waals surface area contributed by atoms with Crippen LogP contribution in [0.15, 0.2) is 59.5 Å². The highest BCUT2D eigenvalue weighted by Gasteiger charge is 2.44. The number of aryl methyl sites for hydroxylation is 1. The van der Waals surface area contributed by atoms with Crippen LogP contribution in [0.1, 0.15) is 36.8 Å². The Morgan fingerprint density at radius 3 is 2.12 bits per heavy atom. The number of benzene rings is 2. The summed E-state index contributed by atoms with van der Waals surface area (Å²) in [6.45, 7) is 1.89. The van der Waals surface area contributed by atoms with Gasteiger partial charge in [-0.3, -0.25) is 4.79 Å². The minimum Gasteiger partial charge on any atom is -0.273 e. The Kier molecular flexibility index (Phi) is 4.45. The molecule has 1 N–H and O–H groups in total. The Morgan fingerprint density at radius 2 is 1.54 bits per heavy atom. The lowest BCUT2D eigenvalue weighted by Crippen LogP contribution is -2.45. The highest BCUT2D eigenvalue weighted by molar-refractivity contribution is 7.90. The number of hydrogen-bond acceptors (Lipinski definition) is 3. The molecule has 4 nitrogen and oxygen atoms in total. The fraction of sp³-hybridized carbons (Fsp3) is 0.316. The first kappa shape index (κ1) is 16.7. The Balaban J connectivity index is 1.91. The maximum absolute atomic E-state index is 12.9. The third kappa shape index (κ3) is 3.08. The smallest absolute Gasteiger partial charge is 0.264 e. The Labute approximate surface area is 143 Å².